The molecule has 1 atom stereocenters. The number of halogens is 1. The van der Waals surface area contributed by atoms with Crippen molar-refractivity contribution in [2.45, 2.75) is 32.1 Å². The van der Waals surface area contributed by atoms with Crippen molar-refractivity contribution in [3.05, 3.63) is 28.8 Å². The molecular weight excluding hydrogens is 238 g/mol. The van der Waals surface area contributed by atoms with Gasteiger partial charge in [0, 0.05) is 0 Å². The van der Waals surface area contributed by atoms with E-state index in [4.69, 9.17) is 17.3 Å². The summed E-state index contributed by atoms with van der Waals surface area (Å²) in [4.78, 5) is 11.4. The van der Waals surface area contributed by atoms with Gasteiger partial charge in [-0.1, -0.05) is 24.6 Å². The van der Waals surface area contributed by atoms with Crippen molar-refractivity contribution in [2.24, 2.45) is 5.41 Å². The van der Waals surface area contributed by atoms with Gasteiger partial charge in [-0.2, -0.15) is 0 Å². The molecule has 4 heteroatoms. The predicted molar refractivity (Wildman–Crippen MR) is 68.2 cm³/mol. The van der Waals surface area contributed by atoms with Gasteiger partial charge in [0.2, 0.25) is 0 Å². The van der Waals surface area contributed by atoms with E-state index in [2.05, 4.69) is 0 Å². The quantitative estimate of drug-likeness (QED) is 0.810. The molecule has 1 fully saturated rings. The van der Waals surface area contributed by atoms with Crippen LogP contribution in [0.3, 0.4) is 0 Å². The Bertz CT molecular complexity index is 455. The van der Waals surface area contributed by atoms with Gasteiger partial charge >= 0.3 is 5.97 Å². The summed E-state index contributed by atoms with van der Waals surface area (Å²) in [6.45, 7) is 2.01. The highest BCUT2D eigenvalue weighted by atomic mass is 35.5. The Labute approximate surface area is 106 Å². The Kier molecular flexibility index (Phi) is 3.04. The zero-order valence-electron chi connectivity index (χ0n) is 9.74. The van der Waals surface area contributed by atoms with Gasteiger partial charge in [-0.3, -0.25) is 4.79 Å². The van der Waals surface area contributed by atoms with E-state index in [1.807, 2.05) is 13.0 Å². The van der Waals surface area contributed by atoms with Crippen LogP contribution in [0.5, 0.6) is 0 Å². The molecule has 0 amide bonds. The molecule has 1 aliphatic rings. The fourth-order valence-corrected chi connectivity index (χ4v) is 2.69. The van der Waals surface area contributed by atoms with E-state index in [1.165, 1.54) is 0 Å². The van der Waals surface area contributed by atoms with E-state index >= 15 is 0 Å². The van der Waals surface area contributed by atoms with Crippen molar-refractivity contribution in [3.63, 3.8) is 0 Å². The molecule has 0 bridgehead atoms. The summed E-state index contributed by atoms with van der Waals surface area (Å²) in [5, 5.41) is 9.85. The molecular formula is C13H16ClNO2. The number of aliphatic carboxylic acids is 1. The van der Waals surface area contributed by atoms with Gasteiger partial charge in [0.05, 0.1) is 16.1 Å². The predicted octanol–water partition coefficient (Wildman–Crippen LogP) is 3.28. The largest absolute Gasteiger partial charge is 0.481 e. The van der Waals surface area contributed by atoms with E-state index in [-0.39, 0.29) is 5.92 Å². The Hall–Kier alpha value is -1.22. The topological polar surface area (TPSA) is 63.3 Å². The first-order chi connectivity index (χ1) is 8.01. The summed E-state index contributed by atoms with van der Waals surface area (Å²) in [6, 6.07) is 5.43. The Morgan fingerprint density at radius 2 is 2.24 bits per heavy atom. The molecule has 1 saturated carbocycles. The summed E-state index contributed by atoms with van der Waals surface area (Å²) >= 11 is 5.88. The van der Waals surface area contributed by atoms with Gasteiger partial charge in [0.1, 0.15) is 0 Å². The third kappa shape index (κ3) is 2.00. The average molecular weight is 254 g/mol. The van der Waals surface area contributed by atoms with Gasteiger partial charge in [-0.25, -0.2) is 0 Å². The van der Waals surface area contributed by atoms with Gasteiger partial charge in [-0.05, 0) is 42.9 Å². The average Bonchev–Trinajstić information content (AvgIpc) is 3.06. The second-order valence-electron chi connectivity index (χ2n) is 4.70. The Balaban J connectivity index is 2.36. The molecule has 0 aromatic heterocycles. The zero-order chi connectivity index (χ0) is 12.6. The molecule has 0 saturated heterocycles. The highest BCUT2D eigenvalue weighted by Gasteiger charge is 2.55. The summed E-state index contributed by atoms with van der Waals surface area (Å²) in [7, 11) is 0. The first-order valence-corrected chi connectivity index (χ1v) is 6.17. The number of anilines is 1. The summed E-state index contributed by atoms with van der Waals surface area (Å²) in [6.07, 6.45) is 2.31. The van der Waals surface area contributed by atoms with E-state index in [1.54, 1.807) is 12.1 Å². The summed E-state index contributed by atoms with van der Waals surface area (Å²) in [5.41, 5.74) is 6.70. The van der Waals surface area contributed by atoms with Crippen LogP contribution in [0.2, 0.25) is 5.02 Å². The molecule has 1 unspecified atom stereocenters. The van der Waals surface area contributed by atoms with Crippen LogP contribution in [0.1, 0.15) is 37.7 Å². The standard InChI is InChI=1S/C13H16ClNO2/c1-2-9(13(5-6-13)12(16)17)8-3-4-10(14)11(15)7-8/h3-4,7,9H,2,5-6,15H2,1H3,(H,16,17). The lowest BCUT2D eigenvalue weighted by molar-refractivity contribution is -0.144. The van der Waals surface area contributed by atoms with Crippen molar-refractivity contribution >= 4 is 23.3 Å². The van der Waals surface area contributed by atoms with E-state index in [9.17, 15) is 9.90 Å². The second-order valence-corrected chi connectivity index (χ2v) is 5.11. The molecule has 17 heavy (non-hydrogen) atoms. The summed E-state index contributed by atoms with van der Waals surface area (Å²) < 4.78 is 0. The highest BCUT2D eigenvalue weighted by Crippen LogP contribution is 2.57. The van der Waals surface area contributed by atoms with Crippen molar-refractivity contribution in [1.82, 2.24) is 0 Å². The maximum absolute atomic E-state index is 11.4. The van der Waals surface area contributed by atoms with Crippen molar-refractivity contribution < 1.29 is 9.90 Å². The molecule has 3 nitrogen and oxygen atoms in total. The number of carboxylic acid groups (broad SMARTS) is 1. The minimum absolute atomic E-state index is 0.0274. The van der Waals surface area contributed by atoms with Crippen LogP contribution in [-0.4, -0.2) is 11.1 Å². The molecule has 1 aliphatic carbocycles. The molecule has 0 radical (unpaired) electrons. The van der Waals surface area contributed by atoms with Gasteiger partial charge in [-0.15, -0.1) is 0 Å². The number of hydrogen-bond donors (Lipinski definition) is 2. The van der Waals surface area contributed by atoms with E-state index < -0.39 is 11.4 Å². The molecule has 1 aromatic rings. The first kappa shape index (κ1) is 12.2. The fourth-order valence-electron chi connectivity index (χ4n) is 2.57. The monoisotopic (exact) mass is 253 g/mol. The minimum Gasteiger partial charge on any atom is -0.481 e. The van der Waals surface area contributed by atoms with Crippen LogP contribution in [0.15, 0.2) is 18.2 Å². The van der Waals surface area contributed by atoms with Crippen molar-refractivity contribution in [1.29, 1.82) is 0 Å². The van der Waals surface area contributed by atoms with Crippen LogP contribution in [-0.2, 0) is 4.79 Å². The highest BCUT2D eigenvalue weighted by molar-refractivity contribution is 6.33. The molecule has 0 spiro atoms. The molecule has 0 heterocycles. The maximum atomic E-state index is 11.4. The number of nitrogen functional groups attached to an aromatic ring is 1. The molecule has 3 N–H and O–H groups in total. The molecule has 1 aromatic carbocycles. The normalized spacial score (nSPS) is 18.7. The molecule has 92 valence electrons. The van der Waals surface area contributed by atoms with Crippen LogP contribution in [0, 0.1) is 5.41 Å². The lowest BCUT2D eigenvalue weighted by Gasteiger charge is -2.23. The van der Waals surface area contributed by atoms with E-state index in [0.717, 1.165) is 24.8 Å². The minimum atomic E-state index is -0.696. The van der Waals surface area contributed by atoms with E-state index in [0.29, 0.717) is 10.7 Å². The van der Waals surface area contributed by atoms with Crippen molar-refractivity contribution in [3.8, 4) is 0 Å². The SMILES string of the molecule is CCC(c1ccc(Cl)c(N)c1)C1(C(=O)O)CC1. The fraction of sp³-hybridized carbons (Fsp3) is 0.462. The third-order valence-electron chi connectivity index (χ3n) is 3.71. The zero-order valence-corrected chi connectivity index (χ0v) is 10.5. The number of carbonyl (C=O) groups is 1. The van der Waals surface area contributed by atoms with Crippen molar-refractivity contribution in [2.75, 3.05) is 5.73 Å². The lowest BCUT2D eigenvalue weighted by atomic mass is 9.81. The Morgan fingerprint density at radius 3 is 2.65 bits per heavy atom. The van der Waals surface area contributed by atoms with Gasteiger partial charge in [0.25, 0.3) is 0 Å². The van der Waals surface area contributed by atoms with Crippen LogP contribution >= 0.6 is 11.6 Å². The molecule has 0 aliphatic heterocycles. The maximum Gasteiger partial charge on any atom is 0.310 e. The summed E-state index contributed by atoms with van der Waals surface area (Å²) in [5.74, 6) is -0.669. The number of rotatable bonds is 4. The lowest BCUT2D eigenvalue weighted by Crippen LogP contribution is -2.23. The number of benzene rings is 1. The smallest absolute Gasteiger partial charge is 0.310 e. The third-order valence-corrected chi connectivity index (χ3v) is 4.06. The first-order valence-electron chi connectivity index (χ1n) is 5.79. The van der Waals surface area contributed by atoms with Gasteiger partial charge in [0.15, 0.2) is 0 Å². The molecule has 2 rings (SSSR count). The Morgan fingerprint density at radius 1 is 1.59 bits per heavy atom. The number of nitrogens with two attached hydrogens (primary N) is 1. The van der Waals surface area contributed by atoms with Crippen LogP contribution in [0.25, 0.3) is 0 Å². The number of hydrogen-bond acceptors (Lipinski definition) is 2. The van der Waals surface area contributed by atoms with Gasteiger partial charge < -0.3 is 10.8 Å². The number of carboxylic acids is 1. The van der Waals surface area contributed by atoms with Crippen LogP contribution < -0.4 is 5.73 Å². The second kappa shape index (κ2) is 4.22. The van der Waals surface area contributed by atoms with Crippen LogP contribution in [0.4, 0.5) is 5.69 Å².